The number of nitrogens with two attached hydrogens (primary N) is 1. The van der Waals surface area contributed by atoms with E-state index in [-0.39, 0.29) is 34.7 Å². The zero-order valence-electron chi connectivity index (χ0n) is 17.6. The summed E-state index contributed by atoms with van der Waals surface area (Å²) in [6, 6.07) is 3.61. The summed E-state index contributed by atoms with van der Waals surface area (Å²) >= 11 is 0. The van der Waals surface area contributed by atoms with Crippen LogP contribution in [0.15, 0.2) is 24.4 Å². The van der Waals surface area contributed by atoms with Crippen molar-refractivity contribution in [3.8, 4) is 5.75 Å². The van der Waals surface area contributed by atoms with Crippen LogP contribution in [0.4, 0.5) is 16.2 Å². The molecule has 1 aliphatic heterocycles. The van der Waals surface area contributed by atoms with Gasteiger partial charge in [-0.05, 0) is 44.9 Å². The third-order valence-electron chi connectivity index (χ3n) is 5.21. The van der Waals surface area contributed by atoms with Crippen LogP contribution in [0.25, 0.3) is 0 Å². The molecule has 0 amide bonds. The number of hydrogen-bond donors (Lipinski definition) is 2. The first-order valence-electron chi connectivity index (χ1n) is 9.89. The van der Waals surface area contributed by atoms with Gasteiger partial charge in [0.25, 0.3) is 0 Å². The summed E-state index contributed by atoms with van der Waals surface area (Å²) in [5.74, 6) is -0.712. The number of piperidine rings is 1. The average molecular weight is 452 g/mol. The number of carbonyl (C=O) groups excluding carboxylic acids is 1. The van der Waals surface area contributed by atoms with E-state index in [9.17, 15) is 17.6 Å². The molecule has 0 radical (unpaired) electrons. The van der Waals surface area contributed by atoms with Crippen molar-refractivity contribution in [3.63, 3.8) is 0 Å². The lowest BCUT2D eigenvalue weighted by Gasteiger charge is -2.32. The van der Waals surface area contributed by atoms with E-state index in [1.165, 1.54) is 29.7 Å². The summed E-state index contributed by atoms with van der Waals surface area (Å²) in [6.45, 7) is 4.14. The van der Waals surface area contributed by atoms with Crippen LogP contribution in [0.3, 0.4) is 0 Å². The Hall–Kier alpha value is -2.79. The van der Waals surface area contributed by atoms with Crippen molar-refractivity contribution in [2.24, 2.45) is 0 Å². The second-order valence-corrected chi connectivity index (χ2v) is 10.1. The van der Waals surface area contributed by atoms with Gasteiger partial charge in [0, 0.05) is 25.3 Å². The van der Waals surface area contributed by atoms with Gasteiger partial charge >= 0.3 is 0 Å². The minimum absolute atomic E-state index is 0.0251. The summed E-state index contributed by atoms with van der Waals surface area (Å²) in [7, 11) is -1.89. The number of nitrogens with zero attached hydrogens (tertiary/aromatic N) is 3. The van der Waals surface area contributed by atoms with Gasteiger partial charge in [-0.3, -0.25) is 4.79 Å². The van der Waals surface area contributed by atoms with E-state index in [2.05, 4.69) is 15.3 Å². The number of nitrogen functional groups attached to an aromatic ring is 1. The van der Waals surface area contributed by atoms with Crippen LogP contribution in [-0.4, -0.2) is 60.0 Å². The zero-order valence-corrected chi connectivity index (χ0v) is 18.4. The number of carbonyl (C=O) groups is 1. The molecule has 0 spiro atoms. The molecule has 9 nitrogen and oxygen atoms in total. The van der Waals surface area contributed by atoms with Crippen LogP contribution in [0.5, 0.6) is 5.75 Å². The lowest BCUT2D eigenvalue weighted by atomic mass is 10.0. The molecule has 1 aromatic heterocycles. The molecule has 2 aromatic rings. The number of rotatable bonds is 7. The van der Waals surface area contributed by atoms with E-state index in [1.807, 2.05) is 0 Å². The van der Waals surface area contributed by atoms with Gasteiger partial charge in [0.2, 0.25) is 21.8 Å². The molecule has 11 heteroatoms. The predicted octanol–water partition coefficient (Wildman–Crippen LogP) is 2.05. The molecule has 0 aliphatic carbocycles. The molecule has 3 rings (SSSR count). The van der Waals surface area contributed by atoms with Crippen molar-refractivity contribution in [1.82, 2.24) is 14.3 Å². The summed E-state index contributed by atoms with van der Waals surface area (Å²) in [6.07, 6.45) is 2.47. The Kier molecular flexibility index (Phi) is 6.75. The smallest absolute Gasteiger partial charge is 0.224 e. The predicted molar refractivity (Wildman–Crippen MR) is 115 cm³/mol. The third kappa shape index (κ3) is 4.93. The maximum Gasteiger partial charge on any atom is 0.224 e. The van der Waals surface area contributed by atoms with Gasteiger partial charge < -0.3 is 15.8 Å². The fourth-order valence-corrected chi connectivity index (χ4v) is 4.69. The summed E-state index contributed by atoms with van der Waals surface area (Å²) in [4.78, 5) is 21.1. The van der Waals surface area contributed by atoms with Gasteiger partial charge in [-0.25, -0.2) is 22.1 Å². The molecule has 1 fully saturated rings. The summed E-state index contributed by atoms with van der Waals surface area (Å²) in [5, 5.41) is 2.68. The van der Waals surface area contributed by atoms with E-state index >= 15 is 0 Å². The number of anilines is 2. The second kappa shape index (κ2) is 9.15. The maximum absolute atomic E-state index is 13.6. The average Bonchev–Trinajstić information content (AvgIpc) is 2.73. The quantitative estimate of drug-likeness (QED) is 0.612. The molecular weight excluding hydrogens is 425 g/mol. The van der Waals surface area contributed by atoms with Gasteiger partial charge in [0.15, 0.2) is 0 Å². The summed E-state index contributed by atoms with van der Waals surface area (Å²) in [5.41, 5.74) is 6.03. The molecule has 0 bridgehead atoms. The molecule has 1 aromatic carbocycles. The third-order valence-corrected chi connectivity index (χ3v) is 7.49. The SMILES string of the molecule is COc1ccc(F)cc1C(=O)c1cnc(NC2CCN(S(=O)(=O)C(C)C)CC2)nc1N. The van der Waals surface area contributed by atoms with Crippen LogP contribution < -0.4 is 15.8 Å². The monoisotopic (exact) mass is 451 g/mol. The fraction of sp³-hybridized carbons (Fsp3) is 0.450. The number of ketones is 1. The Morgan fingerprint density at radius 3 is 2.55 bits per heavy atom. The Morgan fingerprint density at radius 1 is 1.29 bits per heavy atom. The molecule has 0 atom stereocenters. The number of halogens is 1. The van der Waals surface area contributed by atoms with E-state index in [0.717, 1.165) is 6.07 Å². The first-order valence-corrected chi connectivity index (χ1v) is 11.4. The Balaban J connectivity index is 1.70. The molecule has 2 heterocycles. The highest BCUT2D eigenvalue weighted by Gasteiger charge is 2.30. The minimum Gasteiger partial charge on any atom is -0.496 e. The lowest BCUT2D eigenvalue weighted by molar-refractivity contribution is 0.103. The van der Waals surface area contributed by atoms with E-state index in [0.29, 0.717) is 25.9 Å². The molecule has 31 heavy (non-hydrogen) atoms. The molecule has 1 aliphatic rings. The highest BCUT2D eigenvalue weighted by atomic mass is 32.2. The van der Waals surface area contributed by atoms with Gasteiger partial charge in [-0.1, -0.05) is 0 Å². The van der Waals surface area contributed by atoms with Crippen molar-refractivity contribution in [2.75, 3.05) is 31.2 Å². The highest BCUT2D eigenvalue weighted by Crippen LogP contribution is 2.25. The van der Waals surface area contributed by atoms with Gasteiger partial charge in [0.1, 0.15) is 17.4 Å². The lowest BCUT2D eigenvalue weighted by Crippen LogP contribution is -2.45. The number of sulfonamides is 1. The number of hydrogen-bond acceptors (Lipinski definition) is 8. The largest absolute Gasteiger partial charge is 0.496 e. The van der Waals surface area contributed by atoms with Crippen LogP contribution in [0.2, 0.25) is 0 Å². The fourth-order valence-electron chi connectivity index (χ4n) is 3.38. The number of benzene rings is 1. The standard InChI is InChI=1S/C20H26FN5O4S/c1-12(2)31(28,29)26-8-6-14(7-9-26)24-20-23-11-16(19(22)25-20)18(27)15-10-13(21)4-5-17(15)30-3/h4-5,10-12,14H,6-9H2,1-3H3,(H3,22,23,24,25). The molecule has 0 saturated carbocycles. The zero-order chi connectivity index (χ0) is 22.8. The highest BCUT2D eigenvalue weighted by molar-refractivity contribution is 7.89. The topological polar surface area (TPSA) is 128 Å². The summed E-state index contributed by atoms with van der Waals surface area (Å²) < 4.78 is 44.8. The Morgan fingerprint density at radius 2 is 1.97 bits per heavy atom. The van der Waals surface area contributed by atoms with Crippen molar-refractivity contribution in [3.05, 3.63) is 41.3 Å². The number of nitrogens with one attached hydrogen (secondary N) is 1. The number of ether oxygens (including phenoxy) is 1. The first-order chi connectivity index (χ1) is 14.6. The van der Waals surface area contributed by atoms with Gasteiger partial charge in [-0.2, -0.15) is 4.98 Å². The van der Waals surface area contributed by atoms with Crippen LogP contribution >= 0.6 is 0 Å². The first kappa shape index (κ1) is 22.9. The van der Waals surface area contributed by atoms with E-state index < -0.39 is 26.9 Å². The van der Waals surface area contributed by atoms with Crippen molar-refractivity contribution < 1.29 is 22.3 Å². The van der Waals surface area contributed by atoms with Crippen LogP contribution in [-0.2, 0) is 10.0 Å². The maximum atomic E-state index is 13.6. The Labute approximate surface area is 180 Å². The van der Waals surface area contributed by atoms with Gasteiger partial charge in [0.05, 0.1) is 23.5 Å². The van der Waals surface area contributed by atoms with Crippen LogP contribution in [0, 0.1) is 5.82 Å². The van der Waals surface area contributed by atoms with Gasteiger partial charge in [-0.15, -0.1) is 0 Å². The number of aromatic nitrogens is 2. The second-order valence-electron chi connectivity index (χ2n) is 7.58. The minimum atomic E-state index is -3.27. The Bertz CT molecular complexity index is 1070. The molecule has 0 unspecified atom stereocenters. The normalized spacial score (nSPS) is 15.8. The van der Waals surface area contributed by atoms with Crippen molar-refractivity contribution >= 4 is 27.6 Å². The van der Waals surface area contributed by atoms with Crippen molar-refractivity contribution in [1.29, 1.82) is 0 Å². The van der Waals surface area contributed by atoms with Crippen molar-refractivity contribution in [2.45, 2.75) is 38.0 Å². The molecular formula is C20H26FN5O4S. The molecule has 168 valence electrons. The van der Waals surface area contributed by atoms with E-state index in [4.69, 9.17) is 10.5 Å². The molecule has 3 N–H and O–H groups in total. The van der Waals surface area contributed by atoms with Crippen LogP contribution in [0.1, 0.15) is 42.6 Å². The number of methoxy groups -OCH3 is 1. The molecule has 1 saturated heterocycles. The van der Waals surface area contributed by atoms with E-state index in [1.54, 1.807) is 13.8 Å².